The van der Waals surface area contributed by atoms with Gasteiger partial charge in [-0.25, -0.2) is 0 Å². The van der Waals surface area contributed by atoms with Crippen LogP contribution in [0, 0.1) is 0 Å². The van der Waals surface area contributed by atoms with Crippen LogP contribution in [0.5, 0.6) is 0 Å². The van der Waals surface area contributed by atoms with Crippen LogP contribution in [0.25, 0.3) is 0 Å². The minimum atomic E-state index is 0.505. The quantitative estimate of drug-likeness (QED) is 0.640. The normalized spacial score (nSPS) is 28.5. The molecule has 0 amide bonds. The van der Waals surface area contributed by atoms with Crippen molar-refractivity contribution >= 4 is 0 Å². The van der Waals surface area contributed by atoms with E-state index in [2.05, 4.69) is 18.7 Å². The summed E-state index contributed by atoms with van der Waals surface area (Å²) in [5, 5.41) is 0. The van der Waals surface area contributed by atoms with Crippen molar-refractivity contribution in [3.05, 3.63) is 0 Å². The van der Waals surface area contributed by atoms with Crippen molar-refractivity contribution in [1.29, 1.82) is 0 Å². The van der Waals surface area contributed by atoms with E-state index in [0.29, 0.717) is 11.6 Å². The largest absolute Gasteiger partial charge is 0.381 e. The molecule has 2 fully saturated rings. The third-order valence-corrected chi connectivity index (χ3v) is 3.95. The summed E-state index contributed by atoms with van der Waals surface area (Å²) in [7, 11) is 0. The first-order chi connectivity index (χ1) is 6.75. The smallest absolute Gasteiger partial charge is 0.0483 e. The number of piperidine rings is 1. The zero-order chi connectivity index (χ0) is 10.0. The average molecular weight is 197 g/mol. The minimum Gasteiger partial charge on any atom is -0.381 e. The van der Waals surface area contributed by atoms with Crippen LogP contribution < -0.4 is 0 Å². The highest BCUT2D eigenvalue weighted by molar-refractivity contribution is 4.96. The number of nitrogens with zero attached hydrogens (tertiary/aromatic N) is 1. The molecule has 14 heavy (non-hydrogen) atoms. The molecule has 0 radical (unpaired) electrons. The van der Waals surface area contributed by atoms with Crippen molar-refractivity contribution in [2.24, 2.45) is 0 Å². The lowest BCUT2D eigenvalue weighted by molar-refractivity contribution is -0.0624. The van der Waals surface area contributed by atoms with Crippen LogP contribution in [0.1, 0.15) is 46.0 Å². The molecule has 0 atom stereocenters. The summed E-state index contributed by atoms with van der Waals surface area (Å²) in [5.74, 6) is 0. The van der Waals surface area contributed by atoms with Crippen molar-refractivity contribution in [2.75, 3.05) is 19.8 Å². The molecule has 0 N–H and O–H groups in total. The fourth-order valence-corrected chi connectivity index (χ4v) is 3.21. The Bertz CT molecular complexity index is 176. The molecule has 2 nitrogen and oxygen atoms in total. The van der Waals surface area contributed by atoms with Gasteiger partial charge in [0.2, 0.25) is 0 Å². The maximum absolute atomic E-state index is 5.50. The van der Waals surface area contributed by atoms with Gasteiger partial charge in [0.1, 0.15) is 0 Å². The summed E-state index contributed by atoms with van der Waals surface area (Å²) in [4.78, 5) is 2.74. The van der Waals surface area contributed by atoms with E-state index in [1.54, 1.807) is 0 Å². The van der Waals surface area contributed by atoms with Gasteiger partial charge in [-0.15, -0.1) is 0 Å². The summed E-state index contributed by atoms with van der Waals surface area (Å²) in [5.41, 5.74) is 0.505. The van der Waals surface area contributed by atoms with Gasteiger partial charge in [0.15, 0.2) is 0 Å². The summed E-state index contributed by atoms with van der Waals surface area (Å²) >= 11 is 0. The molecule has 1 spiro atoms. The Morgan fingerprint density at radius 1 is 1.07 bits per heavy atom. The van der Waals surface area contributed by atoms with E-state index in [1.165, 1.54) is 38.6 Å². The van der Waals surface area contributed by atoms with Crippen molar-refractivity contribution in [3.63, 3.8) is 0 Å². The number of hydrogen-bond donors (Lipinski definition) is 0. The Morgan fingerprint density at radius 2 is 1.79 bits per heavy atom. The van der Waals surface area contributed by atoms with Crippen molar-refractivity contribution < 1.29 is 4.74 Å². The van der Waals surface area contributed by atoms with Gasteiger partial charge in [-0.1, -0.05) is 6.42 Å². The molecule has 2 heterocycles. The van der Waals surface area contributed by atoms with E-state index in [4.69, 9.17) is 4.74 Å². The molecule has 0 aromatic heterocycles. The van der Waals surface area contributed by atoms with Gasteiger partial charge in [-0.3, -0.25) is 4.90 Å². The third kappa shape index (κ3) is 1.82. The van der Waals surface area contributed by atoms with Gasteiger partial charge in [-0.05, 0) is 46.1 Å². The molecule has 0 aromatic carbocycles. The van der Waals surface area contributed by atoms with Crippen molar-refractivity contribution in [3.8, 4) is 0 Å². The highest BCUT2D eigenvalue weighted by Gasteiger charge is 2.40. The molecule has 82 valence electrons. The average Bonchev–Trinajstić information content (AvgIpc) is 2.19. The zero-order valence-electron chi connectivity index (χ0n) is 9.59. The van der Waals surface area contributed by atoms with Crippen molar-refractivity contribution in [1.82, 2.24) is 4.90 Å². The van der Waals surface area contributed by atoms with E-state index >= 15 is 0 Å². The highest BCUT2D eigenvalue weighted by atomic mass is 16.5. The highest BCUT2D eigenvalue weighted by Crippen LogP contribution is 2.37. The van der Waals surface area contributed by atoms with Crippen LogP contribution in [0.2, 0.25) is 0 Å². The van der Waals surface area contributed by atoms with Gasteiger partial charge < -0.3 is 4.74 Å². The fraction of sp³-hybridized carbons (Fsp3) is 1.00. The second-order valence-electron chi connectivity index (χ2n) is 5.08. The van der Waals surface area contributed by atoms with E-state index in [9.17, 15) is 0 Å². The third-order valence-electron chi connectivity index (χ3n) is 3.95. The van der Waals surface area contributed by atoms with Crippen LogP contribution in [0.4, 0.5) is 0 Å². The molecule has 2 saturated heterocycles. The monoisotopic (exact) mass is 197 g/mol. The molecule has 0 aliphatic carbocycles. The Kier molecular flexibility index (Phi) is 3.13. The number of likely N-dealkylation sites (tertiary alicyclic amines) is 1. The predicted molar refractivity (Wildman–Crippen MR) is 58.5 cm³/mol. The first-order valence-corrected chi connectivity index (χ1v) is 6.09. The Labute approximate surface area is 87.6 Å². The van der Waals surface area contributed by atoms with Gasteiger partial charge in [0, 0.05) is 24.8 Å². The zero-order valence-corrected chi connectivity index (χ0v) is 9.59. The Morgan fingerprint density at radius 3 is 2.43 bits per heavy atom. The molecule has 0 saturated carbocycles. The van der Waals surface area contributed by atoms with E-state index in [0.717, 1.165) is 13.2 Å². The fourth-order valence-electron chi connectivity index (χ4n) is 3.21. The summed E-state index contributed by atoms with van der Waals surface area (Å²) < 4.78 is 5.50. The van der Waals surface area contributed by atoms with Gasteiger partial charge in [0.05, 0.1) is 0 Å². The first-order valence-electron chi connectivity index (χ1n) is 6.09. The van der Waals surface area contributed by atoms with E-state index in [1.807, 2.05) is 0 Å². The predicted octanol–water partition coefficient (Wildman–Crippen LogP) is 2.43. The number of hydrogen-bond acceptors (Lipinski definition) is 2. The molecule has 0 aromatic rings. The van der Waals surface area contributed by atoms with Crippen LogP contribution in [-0.2, 0) is 4.74 Å². The SMILES string of the molecule is CC(C)N1CCCCC12CCOCC2. The molecule has 0 bridgehead atoms. The van der Waals surface area contributed by atoms with E-state index in [-0.39, 0.29) is 0 Å². The van der Waals surface area contributed by atoms with Gasteiger partial charge in [0.25, 0.3) is 0 Å². The number of ether oxygens (including phenoxy) is 1. The number of rotatable bonds is 1. The Balaban J connectivity index is 2.10. The summed E-state index contributed by atoms with van der Waals surface area (Å²) in [6.45, 7) is 7.93. The lowest BCUT2D eigenvalue weighted by Gasteiger charge is -2.51. The molecular formula is C12H23NO. The molecule has 2 aliphatic rings. The topological polar surface area (TPSA) is 12.5 Å². The summed E-state index contributed by atoms with van der Waals surface area (Å²) in [6.07, 6.45) is 6.72. The van der Waals surface area contributed by atoms with Gasteiger partial charge >= 0.3 is 0 Å². The second-order valence-corrected chi connectivity index (χ2v) is 5.08. The standard InChI is InChI=1S/C12H23NO/c1-11(2)13-8-4-3-5-12(13)6-9-14-10-7-12/h11H,3-10H2,1-2H3. The van der Waals surface area contributed by atoms with Crippen LogP contribution in [-0.4, -0.2) is 36.2 Å². The molecule has 2 rings (SSSR count). The molecular weight excluding hydrogens is 174 g/mol. The maximum atomic E-state index is 5.50. The Hall–Kier alpha value is -0.0800. The summed E-state index contributed by atoms with van der Waals surface area (Å²) in [6, 6.07) is 0.702. The van der Waals surface area contributed by atoms with Crippen LogP contribution in [0.15, 0.2) is 0 Å². The van der Waals surface area contributed by atoms with Crippen LogP contribution >= 0.6 is 0 Å². The van der Waals surface area contributed by atoms with E-state index < -0.39 is 0 Å². The van der Waals surface area contributed by atoms with Gasteiger partial charge in [-0.2, -0.15) is 0 Å². The second kappa shape index (κ2) is 4.19. The maximum Gasteiger partial charge on any atom is 0.0483 e. The molecule has 2 heteroatoms. The minimum absolute atomic E-state index is 0.505. The van der Waals surface area contributed by atoms with Crippen molar-refractivity contribution in [2.45, 2.75) is 57.5 Å². The molecule has 0 unspecified atom stereocenters. The van der Waals surface area contributed by atoms with Crippen LogP contribution in [0.3, 0.4) is 0 Å². The lowest BCUT2D eigenvalue weighted by atomic mass is 9.79. The molecule has 2 aliphatic heterocycles. The first kappa shape index (κ1) is 10.4. The lowest BCUT2D eigenvalue weighted by Crippen LogP contribution is -2.57.